The quantitative estimate of drug-likeness (QED) is 0.592. The number of nitrogens with zero attached hydrogens (tertiary/aromatic N) is 2. The van der Waals surface area contributed by atoms with Gasteiger partial charge in [-0.2, -0.15) is 0 Å². The van der Waals surface area contributed by atoms with E-state index in [0.29, 0.717) is 11.6 Å². The van der Waals surface area contributed by atoms with E-state index in [1.54, 1.807) is 12.3 Å². The van der Waals surface area contributed by atoms with Crippen molar-refractivity contribution in [2.75, 3.05) is 20.2 Å². The van der Waals surface area contributed by atoms with Gasteiger partial charge in [0.25, 0.3) is 5.91 Å². The molecule has 1 aromatic carbocycles. The van der Waals surface area contributed by atoms with Crippen molar-refractivity contribution in [1.29, 1.82) is 0 Å². The maximum absolute atomic E-state index is 13.0. The van der Waals surface area contributed by atoms with Crippen LogP contribution in [0.25, 0.3) is 0 Å². The molecule has 1 aromatic heterocycles. The number of hydrogen-bond acceptors (Lipinski definition) is 4. The Balaban J connectivity index is 1.14. The van der Waals surface area contributed by atoms with Gasteiger partial charge >= 0.3 is 0 Å². The first-order valence-electron chi connectivity index (χ1n) is 11.8. The summed E-state index contributed by atoms with van der Waals surface area (Å²) >= 11 is 0. The molecule has 2 fully saturated rings. The van der Waals surface area contributed by atoms with Gasteiger partial charge in [-0.1, -0.05) is 31.0 Å². The van der Waals surface area contributed by atoms with Crippen molar-refractivity contribution in [1.82, 2.24) is 15.2 Å². The van der Waals surface area contributed by atoms with Crippen LogP contribution in [-0.4, -0.2) is 42.0 Å². The topological polar surface area (TPSA) is 54.5 Å². The normalized spacial score (nSPS) is 19.8. The standard InChI is InChI=1S/C26H33N3O2/c1-29(26(30)25-9-8-24(16-28-25)31-17-19-4-5-19)23-13-21-7-6-20(12-22(21)14-23)15-27-11-10-18-2-3-18/h6-9,12,16,18-19,23,27H,2-5,10-11,13-15,17H2,1H3. The molecule has 31 heavy (non-hydrogen) atoms. The van der Waals surface area contributed by atoms with Gasteiger partial charge in [-0.3, -0.25) is 4.79 Å². The van der Waals surface area contributed by atoms with Crippen LogP contribution in [0.1, 0.15) is 59.3 Å². The number of benzene rings is 1. The first kappa shape index (κ1) is 20.5. The zero-order valence-electron chi connectivity index (χ0n) is 18.5. The summed E-state index contributed by atoms with van der Waals surface area (Å²) in [4.78, 5) is 19.2. The fourth-order valence-electron chi connectivity index (χ4n) is 4.41. The summed E-state index contributed by atoms with van der Waals surface area (Å²) in [5, 5.41) is 3.58. The van der Waals surface area contributed by atoms with E-state index in [9.17, 15) is 4.79 Å². The van der Waals surface area contributed by atoms with Crippen LogP contribution in [0.15, 0.2) is 36.5 Å². The molecule has 1 heterocycles. The van der Waals surface area contributed by atoms with Crippen molar-refractivity contribution < 1.29 is 9.53 Å². The molecule has 0 radical (unpaired) electrons. The van der Waals surface area contributed by atoms with E-state index in [1.807, 2.05) is 18.0 Å². The number of ether oxygens (including phenoxy) is 1. The molecule has 1 amide bonds. The molecular formula is C26H33N3O2. The minimum absolute atomic E-state index is 0.0199. The second-order valence-corrected chi connectivity index (χ2v) is 9.62. The number of hydrogen-bond donors (Lipinski definition) is 1. The zero-order valence-corrected chi connectivity index (χ0v) is 18.5. The number of likely N-dealkylation sites (N-methyl/N-ethyl adjacent to an activating group) is 1. The Morgan fingerprint density at radius 3 is 2.65 bits per heavy atom. The molecule has 2 aromatic rings. The fraction of sp³-hybridized carbons (Fsp3) is 0.538. The van der Waals surface area contributed by atoms with Gasteiger partial charge in [-0.15, -0.1) is 0 Å². The number of carbonyl (C=O) groups is 1. The van der Waals surface area contributed by atoms with E-state index in [0.717, 1.165) is 44.2 Å². The summed E-state index contributed by atoms with van der Waals surface area (Å²) in [5.41, 5.74) is 4.57. The van der Waals surface area contributed by atoms with Crippen LogP contribution in [0.4, 0.5) is 0 Å². The highest BCUT2D eigenvalue weighted by molar-refractivity contribution is 5.92. The van der Waals surface area contributed by atoms with Crippen molar-refractivity contribution in [3.63, 3.8) is 0 Å². The molecule has 0 saturated heterocycles. The predicted octanol–water partition coefficient (Wildman–Crippen LogP) is 4.00. The van der Waals surface area contributed by atoms with Crippen LogP contribution in [0.2, 0.25) is 0 Å². The molecule has 0 bridgehead atoms. The van der Waals surface area contributed by atoms with E-state index in [2.05, 4.69) is 28.5 Å². The summed E-state index contributed by atoms with van der Waals surface area (Å²) in [6.45, 7) is 2.80. The minimum atomic E-state index is -0.0199. The summed E-state index contributed by atoms with van der Waals surface area (Å²) < 4.78 is 5.74. The highest BCUT2D eigenvalue weighted by Crippen LogP contribution is 2.32. The molecule has 164 valence electrons. The zero-order chi connectivity index (χ0) is 21.2. The van der Waals surface area contributed by atoms with E-state index in [4.69, 9.17) is 4.74 Å². The molecule has 3 aliphatic carbocycles. The molecule has 5 rings (SSSR count). The molecular weight excluding hydrogens is 386 g/mol. The second kappa shape index (κ2) is 8.99. The lowest BCUT2D eigenvalue weighted by Gasteiger charge is -2.24. The van der Waals surface area contributed by atoms with Gasteiger partial charge in [0.15, 0.2) is 0 Å². The third-order valence-electron chi connectivity index (χ3n) is 6.94. The smallest absolute Gasteiger partial charge is 0.272 e. The number of fused-ring (bicyclic) bond motifs is 1. The highest BCUT2D eigenvalue weighted by atomic mass is 16.5. The van der Waals surface area contributed by atoms with E-state index >= 15 is 0 Å². The first-order chi connectivity index (χ1) is 15.2. The van der Waals surface area contributed by atoms with Gasteiger partial charge in [-0.25, -0.2) is 4.98 Å². The predicted molar refractivity (Wildman–Crippen MR) is 121 cm³/mol. The number of rotatable bonds is 10. The third kappa shape index (κ3) is 5.27. The minimum Gasteiger partial charge on any atom is -0.492 e. The molecule has 0 aliphatic heterocycles. The van der Waals surface area contributed by atoms with Gasteiger partial charge < -0.3 is 15.0 Å². The number of carbonyl (C=O) groups excluding carboxylic acids is 1. The van der Waals surface area contributed by atoms with Gasteiger partial charge in [0.2, 0.25) is 0 Å². The average Bonchev–Trinajstić information content (AvgIpc) is 3.73. The highest BCUT2D eigenvalue weighted by Gasteiger charge is 2.29. The van der Waals surface area contributed by atoms with Crippen molar-refractivity contribution in [3.8, 4) is 5.75 Å². The number of amides is 1. The lowest BCUT2D eigenvalue weighted by atomic mass is 10.1. The van der Waals surface area contributed by atoms with Crippen molar-refractivity contribution >= 4 is 5.91 Å². The molecule has 2 saturated carbocycles. The molecule has 1 atom stereocenters. The Morgan fingerprint density at radius 2 is 1.90 bits per heavy atom. The molecule has 5 nitrogen and oxygen atoms in total. The largest absolute Gasteiger partial charge is 0.492 e. The third-order valence-corrected chi connectivity index (χ3v) is 6.94. The summed E-state index contributed by atoms with van der Waals surface area (Å²) in [6.07, 6.45) is 10.2. The maximum atomic E-state index is 13.0. The van der Waals surface area contributed by atoms with Crippen LogP contribution >= 0.6 is 0 Å². The van der Waals surface area contributed by atoms with E-state index < -0.39 is 0 Å². The molecule has 0 spiro atoms. The summed E-state index contributed by atoms with van der Waals surface area (Å²) in [5.74, 6) is 2.41. The van der Waals surface area contributed by atoms with Crippen molar-refractivity contribution in [2.45, 2.75) is 57.5 Å². The molecule has 5 heteroatoms. The van der Waals surface area contributed by atoms with Gasteiger partial charge in [0.05, 0.1) is 12.8 Å². The van der Waals surface area contributed by atoms with Gasteiger partial charge in [0.1, 0.15) is 11.4 Å². The van der Waals surface area contributed by atoms with E-state index in [1.165, 1.54) is 48.8 Å². The summed E-state index contributed by atoms with van der Waals surface area (Å²) in [6, 6.07) is 10.6. The van der Waals surface area contributed by atoms with Gasteiger partial charge in [0, 0.05) is 19.6 Å². The van der Waals surface area contributed by atoms with Crippen molar-refractivity contribution in [3.05, 3.63) is 58.9 Å². The maximum Gasteiger partial charge on any atom is 0.272 e. The average molecular weight is 420 g/mol. The van der Waals surface area contributed by atoms with Crippen molar-refractivity contribution in [2.24, 2.45) is 11.8 Å². The van der Waals surface area contributed by atoms with Crippen LogP contribution in [0, 0.1) is 11.8 Å². The Bertz CT molecular complexity index is 919. The number of aromatic nitrogens is 1. The second-order valence-electron chi connectivity index (χ2n) is 9.62. The Kier molecular flexibility index (Phi) is 5.95. The van der Waals surface area contributed by atoms with Crippen LogP contribution in [0.5, 0.6) is 5.75 Å². The Hall–Kier alpha value is -2.40. The molecule has 1 unspecified atom stereocenters. The van der Waals surface area contributed by atoms with Crippen LogP contribution < -0.4 is 10.1 Å². The first-order valence-corrected chi connectivity index (χ1v) is 11.8. The van der Waals surface area contributed by atoms with Crippen LogP contribution in [0.3, 0.4) is 0 Å². The lowest BCUT2D eigenvalue weighted by Crippen LogP contribution is -2.38. The summed E-state index contributed by atoms with van der Waals surface area (Å²) in [7, 11) is 1.90. The number of pyridine rings is 1. The Labute approximate surface area is 185 Å². The van der Waals surface area contributed by atoms with Crippen LogP contribution in [-0.2, 0) is 19.4 Å². The van der Waals surface area contributed by atoms with E-state index in [-0.39, 0.29) is 11.9 Å². The Morgan fingerprint density at radius 1 is 1.10 bits per heavy atom. The van der Waals surface area contributed by atoms with Gasteiger partial charge in [-0.05, 0) is 79.3 Å². The molecule has 3 aliphatic rings. The molecule has 1 N–H and O–H groups in total. The fourth-order valence-corrected chi connectivity index (χ4v) is 4.41. The number of nitrogens with one attached hydrogen (secondary N) is 1. The monoisotopic (exact) mass is 419 g/mol. The lowest BCUT2D eigenvalue weighted by molar-refractivity contribution is 0.0731. The SMILES string of the molecule is CN(C(=O)c1ccc(OCC2CC2)cn1)C1Cc2ccc(CNCCC3CC3)cc2C1.